The van der Waals surface area contributed by atoms with Crippen LogP contribution in [0.3, 0.4) is 0 Å². The first kappa shape index (κ1) is 13.2. The Labute approximate surface area is 108 Å². The highest BCUT2D eigenvalue weighted by atomic mass is 14.2. The molecule has 2 aliphatic rings. The third-order valence-electron chi connectivity index (χ3n) is 4.95. The lowest BCUT2D eigenvalue weighted by atomic mass is 9.83. The molecule has 1 unspecified atom stereocenters. The molecule has 2 rings (SSSR count). The predicted molar refractivity (Wildman–Crippen MR) is 76.1 cm³/mol. The van der Waals surface area contributed by atoms with Crippen molar-refractivity contribution in [1.82, 2.24) is 0 Å². The van der Waals surface area contributed by atoms with Crippen LogP contribution in [0.5, 0.6) is 0 Å². The van der Waals surface area contributed by atoms with E-state index in [1.165, 1.54) is 77.0 Å². The van der Waals surface area contributed by atoms with Gasteiger partial charge in [-0.1, -0.05) is 69.4 Å². The summed E-state index contributed by atoms with van der Waals surface area (Å²) in [6.45, 7) is 2.29. The fourth-order valence-corrected chi connectivity index (χ4v) is 3.62. The first-order chi connectivity index (χ1) is 8.34. The Bertz CT molecular complexity index is 232. The summed E-state index contributed by atoms with van der Waals surface area (Å²) < 4.78 is 0. The van der Waals surface area contributed by atoms with Crippen molar-refractivity contribution in [2.24, 2.45) is 11.8 Å². The molecule has 17 heavy (non-hydrogen) atoms. The van der Waals surface area contributed by atoms with Gasteiger partial charge in [0, 0.05) is 0 Å². The van der Waals surface area contributed by atoms with Gasteiger partial charge in [0.1, 0.15) is 0 Å². The van der Waals surface area contributed by atoms with E-state index in [-0.39, 0.29) is 0 Å². The molecule has 0 N–H and O–H groups in total. The lowest BCUT2D eigenvalue weighted by Gasteiger charge is -2.23. The van der Waals surface area contributed by atoms with Gasteiger partial charge in [-0.05, 0) is 38.0 Å². The second-order valence-electron chi connectivity index (χ2n) is 6.48. The molecule has 0 saturated heterocycles. The largest absolute Gasteiger partial charge is 0.0853 e. The molecular weight excluding hydrogens is 204 g/mol. The highest BCUT2D eigenvalue weighted by Gasteiger charge is 2.14. The first-order valence-corrected chi connectivity index (χ1v) is 8.00. The van der Waals surface area contributed by atoms with Gasteiger partial charge in [-0.3, -0.25) is 0 Å². The van der Waals surface area contributed by atoms with Crippen LogP contribution in [0.1, 0.15) is 84.0 Å². The summed E-state index contributed by atoms with van der Waals surface area (Å²) in [5, 5.41) is 0. The average molecular weight is 234 g/mol. The third-order valence-corrected chi connectivity index (χ3v) is 4.95. The molecule has 2 aliphatic carbocycles. The molecule has 0 amide bonds. The van der Waals surface area contributed by atoms with Crippen LogP contribution in [0, 0.1) is 11.8 Å². The Hall–Kier alpha value is -0.260. The van der Waals surface area contributed by atoms with E-state index in [1.807, 2.05) is 0 Å². The Morgan fingerprint density at radius 2 is 1.65 bits per heavy atom. The maximum atomic E-state index is 2.48. The van der Waals surface area contributed by atoms with E-state index < -0.39 is 0 Å². The van der Waals surface area contributed by atoms with Crippen molar-refractivity contribution in [2.45, 2.75) is 84.0 Å². The maximum Gasteiger partial charge on any atom is -0.0320 e. The van der Waals surface area contributed by atoms with E-state index in [0.29, 0.717) is 0 Å². The molecule has 1 saturated carbocycles. The van der Waals surface area contributed by atoms with Crippen molar-refractivity contribution in [3.05, 3.63) is 11.6 Å². The summed E-state index contributed by atoms with van der Waals surface area (Å²) in [5.74, 6) is 2.11. The Morgan fingerprint density at radius 1 is 0.941 bits per heavy atom. The van der Waals surface area contributed by atoms with Crippen molar-refractivity contribution in [1.29, 1.82) is 0 Å². The molecule has 0 aromatic heterocycles. The van der Waals surface area contributed by atoms with Crippen LogP contribution in [0.4, 0.5) is 0 Å². The van der Waals surface area contributed by atoms with Crippen molar-refractivity contribution in [2.75, 3.05) is 0 Å². The van der Waals surface area contributed by atoms with Gasteiger partial charge in [0.15, 0.2) is 0 Å². The first-order valence-electron chi connectivity index (χ1n) is 8.00. The van der Waals surface area contributed by atoms with E-state index in [4.69, 9.17) is 0 Å². The molecule has 1 atom stereocenters. The lowest BCUT2D eigenvalue weighted by molar-refractivity contribution is 0.320. The van der Waals surface area contributed by atoms with Crippen molar-refractivity contribution in [3.63, 3.8) is 0 Å². The van der Waals surface area contributed by atoms with Crippen LogP contribution in [0.25, 0.3) is 0 Å². The van der Waals surface area contributed by atoms with Gasteiger partial charge in [-0.25, -0.2) is 0 Å². The molecule has 0 radical (unpaired) electrons. The minimum atomic E-state index is 1.02. The molecule has 0 heterocycles. The SMILES string of the molecule is CC1=CCC(CCCCC2CCCCC2)CC1. The monoisotopic (exact) mass is 234 g/mol. The lowest BCUT2D eigenvalue weighted by Crippen LogP contribution is -2.07. The van der Waals surface area contributed by atoms with Crippen LogP contribution in [-0.4, -0.2) is 0 Å². The summed E-state index contributed by atoms with van der Waals surface area (Å²) in [6, 6.07) is 0. The summed E-state index contributed by atoms with van der Waals surface area (Å²) in [5.41, 5.74) is 1.63. The van der Waals surface area contributed by atoms with Crippen LogP contribution in [0.2, 0.25) is 0 Å². The van der Waals surface area contributed by atoms with Crippen LogP contribution in [0.15, 0.2) is 11.6 Å². The Morgan fingerprint density at radius 3 is 2.29 bits per heavy atom. The van der Waals surface area contributed by atoms with Gasteiger partial charge < -0.3 is 0 Å². The second-order valence-corrected chi connectivity index (χ2v) is 6.48. The summed E-state index contributed by atoms with van der Waals surface area (Å²) in [6.07, 6.45) is 20.3. The number of allylic oxidation sites excluding steroid dienone is 2. The van der Waals surface area contributed by atoms with Gasteiger partial charge >= 0.3 is 0 Å². The zero-order chi connectivity index (χ0) is 11.9. The van der Waals surface area contributed by atoms with E-state index >= 15 is 0 Å². The molecule has 0 aromatic rings. The zero-order valence-electron chi connectivity index (χ0n) is 11.7. The molecule has 0 spiro atoms. The Balaban J connectivity index is 1.51. The van der Waals surface area contributed by atoms with Gasteiger partial charge in [0.2, 0.25) is 0 Å². The highest BCUT2D eigenvalue weighted by molar-refractivity contribution is 5.02. The third kappa shape index (κ3) is 4.85. The van der Waals surface area contributed by atoms with Gasteiger partial charge in [-0.15, -0.1) is 0 Å². The minimum Gasteiger partial charge on any atom is -0.0853 e. The van der Waals surface area contributed by atoms with Gasteiger partial charge in [0.05, 0.1) is 0 Å². The summed E-state index contributed by atoms with van der Waals surface area (Å²) >= 11 is 0. The van der Waals surface area contributed by atoms with E-state index in [9.17, 15) is 0 Å². The number of hydrogen-bond acceptors (Lipinski definition) is 0. The smallest absolute Gasteiger partial charge is 0.0320 e. The average Bonchev–Trinajstić information content (AvgIpc) is 2.38. The van der Waals surface area contributed by atoms with Crippen LogP contribution < -0.4 is 0 Å². The summed E-state index contributed by atoms with van der Waals surface area (Å²) in [7, 11) is 0. The van der Waals surface area contributed by atoms with E-state index in [0.717, 1.165) is 11.8 Å². The van der Waals surface area contributed by atoms with Gasteiger partial charge in [0.25, 0.3) is 0 Å². The minimum absolute atomic E-state index is 1.02. The molecule has 98 valence electrons. The number of unbranched alkanes of at least 4 members (excludes halogenated alkanes) is 1. The van der Waals surface area contributed by atoms with Crippen LogP contribution in [-0.2, 0) is 0 Å². The second kappa shape index (κ2) is 7.24. The normalized spacial score (nSPS) is 26.9. The fraction of sp³-hybridized carbons (Fsp3) is 0.882. The highest BCUT2D eigenvalue weighted by Crippen LogP contribution is 2.30. The predicted octanol–water partition coefficient (Wildman–Crippen LogP) is 5.87. The fourth-order valence-electron chi connectivity index (χ4n) is 3.62. The van der Waals surface area contributed by atoms with Crippen molar-refractivity contribution >= 4 is 0 Å². The van der Waals surface area contributed by atoms with Gasteiger partial charge in [-0.2, -0.15) is 0 Å². The molecule has 0 bridgehead atoms. The zero-order valence-corrected chi connectivity index (χ0v) is 11.7. The van der Waals surface area contributed by atoms with E-state index in [1.54, 1.807) is 5.57 Å². The van der Waals surface area contributed by atoms with E-state index in [2.05, 4.69) is 13.0 Å². The molecule has 0 heteroatoms. The number of rotatable bonds is 5. The molecular formula is C17H30. The maximum absolute atomic E-state index is 2.48. The number of hydrogen-bond donors (Lipinski definition) is 0. The summed E-state index contributed by atoms with van der Waals surface area (Å²) in [4.78, 5) is 0. The van der Waals surface area contributed by atoms with Crippen molar-refractivity contribution in [3.8, 4) is 0 Å². The standard InChI is InChI=1S/C17H30/c1-15-11-13-17(14-12-15)10-6-5-9-16-7-3-2-4-8-16/h11,16-17H,2-10,12-14H2,1H3. The van der Waals surface area contributed by atoms with Crippen LogP contribution >= 0.6 is 0 Å². The molecule has 0 aromatic carbocycles. The Kier molecular flexibility index (Phi) is 5.61. The molecule has 1 fully saturated rings. The molecule has 0 aliphatic heterocycles. The topological polar surface area (TPSA) is 0 Å². The quantitative estimate of drug-likeness (QED) is 0.412. The van der Waals surface area contributed by atoms with Crippen molar-refractivity contribution < 1.29 is 0 Å². The molecule has 0 nitrogen and oxygen atoms in total.